The van der Waals surface area contributed by atoms with Gasteiger partial charge in [0.15, 0.2) is 5.82 Å². The third-order valence-corrected chi connectivity index (χ3v) is 6.99. The van der Waals surface area contributed by atoms with Gasteiger partial charge in [0.05, 0.1) is 17.7 Å². The highest BCUT2D eigenvalue weighted by Crippen LogP contribution is 2.30. The van der Waals surface area contributed by atoms with E-state index in [0.29, 0.717) is 31.8 Å². The summed E-state index contributed by atoms with van der Waals surface area (Å²) in [6, 6.07) is 12.3. The van der Waals surface area contributed by atoms with E-state index in [4.69, 9.17) is 4.74 Å². The van der Waals surface area contributed by atoms with Gasteiger partial charge in [-0.2, -0.15) is 8.99 Å². The van der Waals surface area contributed by atoms with E-state index in [1.54, 1.807) is 11.8 Å². The van der Waals surface area contributed by atoms with E-state index in [1.807, 2.05) is 24.3 Å². The summed E-state index contributed by atoms with van der Waals surface area (Å²) in [5.41, 5.74) is 0.812. The number of hydrogen-bond acceptors (Lipinski definition) is 6. The fraction of sp³-hybridized carbons (Fsp3) is 0.316. The van der Waals surface area contributed by atoms with Crippen molar-refractivity contribution in [2.24, 2.45) is 0 Å². The van der Waals surface area contributed by atoms with Gasteiger partial charge in [0.2, 0.25) is 10.0 Å². The molecule has 3 aromatic rings. The van der Waals surface area contributed by atoms with Crippen LogP contribution in [0.4, 0.5) is 4.39 Å². The highest BCUT2D eigenvalue weighted by atomic mass is 32.2. The molecule has 1 fully saturated rings. The lowest BCUT2D eigenvalue weighted by Gasteiger charge is -2.30. The van der Waals surface area contributed by atoms with E-state index in [2.05, 4.69) is 15.5 Å². The van der Waals surface area contributed by atoms with Crippen LogP contribution < -0.4 is 4.74 Å². The van der Waals surface area contributed by atoms with Crippen molar-refractivity contribution in [2.45, 2.75) is 23.7 Å². The van der Waals surface area contributed by atoms with E-state index >= 15 is 0 Å². The number of ether oxygens (including phenoxy) is 1. The van der Waals surface area contributed by atoms with E-state index in [0.717, 1.165) is 23.6 Å². The molecule has 1 saturated heterocycles. The smallest absolute Gasteiger partial charge is 0.243 e. The van der Waals surface area contributed by atoms with Crippen LogP contribution in [0.25, 0.3) is 5.69 Å². The van der Waals surface area contributed by atoms with Crippen LogP contribution in [0.15, 0.2) is 53.4 Å². The molecular weight excluding hydrogens is 397 g/mol. The Balaban J connectivity index is 1.49. The molecule has 0 aliphatic carbocycles. The molecule has 29 heavy (non-hydrogen) atoms. The van der Waals surface area contributed by atoms with Gasteiger partial charge < -0.3 is 4.74 Å². The van der Waals surface area contributed by atoms with Gasteiger partial charge in [0.1, 0.15) is 11.6 Å². The topological polar surface area (TPSA) is 90.2 Å². The molecule has 1 aliphatic rings. The quantitative estimate of drug-likeness (QED) is 0.633. The normalized spacial score (nSPS) is 16.1. The first-order valence-corrected chi connectivity index (χ1v) is 10.6. The van der Waals surface area contributed by atoms with Gasteiger partial charge in [-0.15, -0.1) is 5.10 Å². The molecule has 1 aliphatic heterocycles. The molecule has 10 heteroatoms. The predicted octanol–water partition coefficient (Wildman–Crippen LogP) is 2.38. The summed E-state index contributed by atoms with van der Waals surface area (Å²) >= 11 is 0. The van der Waals surface area contributed by atoms with Crippen molar-refractivity contribution in [1.29, 1.82) is 0 Å². The lowest BCUT2D eigenvalue weighted by atomic mass is 9.97. The Morgan fingerprint density at radius 3 is 2.31 bits per heavy atom. The molecule has 0 radical (unpaired) electrons. The third kappa shape index (κ3) is 3.85. The number of sulfonamides is 1. The average molecular weight is 417 g/mol. The van der Waals surface area contributed by atoms with Gasteiger partial charge in [-0.1, -0.05) is 0 Å². The molecule has 1 aromatic heterocycles. The lowest BCUT2D eigenvalue weighted by Crippen LogP contribution is -2.38. The second kappa shape index (κ2) is 7.88. The molecule has 0 N–H and O–H groups in total. The van der Waals surface area contributed by atoms with Crippen LogP contribution in [0.2, 0.25) is 0 Å². The number of benzene rings is 2. The number of tetrazole rings is 1. The van der Waals surface area contributed by atoms with Crippen molar-refractivity contribution in [3.05, 3.63) is 60.2 Å². The van der Waals surface area contributed by atoms with Crippen molar-refractivity contribution >= 4 is 10.0 Å². The first kappa shape index (κ1) is 19.5. The van der Waals surface area contributed by atoms with Crippen LogP contribution in [-0.4, -0.2) is 53.1 Å². The maximum absolute atomic E-state index is 13.1. The van der Waals surface area contributed by atoms with E-state index < -0.39 is 15.8 Å². The summed E-state index contributed by atoms with van der Waals surface area (Å²) in [6.45, 7) is 0.694. The van der Waals surface area contributed by atoms with Crippen molar-refractivity contribution in [3.63, 3.8) is 0 Å². The van der Waals surface area contributed by atoms with Crippen molar-refractivity contribution < 1.29 is 17.5 Å². The minimum absolute atomic E-state index is 0.0340. The zero-order valence-electron chi connectivity index (χ0n) is 15.8. The van der Waals surface area contributed by atoms with Crippen molar-refractivity contribution in [3.8, 4) is 11.4 Å². The number of piperidine rings is 1. The number of aromatic nitrogens is 4. The van der Waals surface area contributed by atoms with Crippen LogP contribution in [0, 0.1) is 5.82 Å². The Hall–Kier alpha value is -2.85. The summed E-state index contributed by atoms with van der Waals surface area (Å²) in [6.07, 6.45) is 1.19. The van der Waals surface area contributed by atoms with Crippen molar-refractivity contribution in [2.75, 3.05) is 20.2 Å². The standard InChI is InChI=1S/C19H20FN5O3S/c1-28-17-6-4-16(5-7-17)25-19(21-22-23-25)14-10-12-24(13-11-14)29(26,27)18-8-2-15(20)3-9-18/h2-9,14H,10-13H2,1H3. The fourth-order valence-corrected chi connectivity index (χ4v) is 4.94. The number of hydrogen-bond donors (Lipinski definition) is 0. The summed E-state index contributed by atoms with van der Waals surface area (Å²) in [5, 5.41) is 12.1. The van der Waals surface area contributed by atoms with Gasteiger partial charge in [0.25, 0.3) is 0 Å². The van der Waals surface area contributed by atoms with Gasteiger partial charge in [-0.05, 0) is 71.8 Å². The van der Waals surface area contributed by atoms with Crippen LogP contribution >= 0.6 is 0 Å². The maximum Gasteiger partial charge on any atom is 0.243 e. The lowest BCUT2D eigenvalue weighted by molar-refractivity contribution is 0.311. The van der Waals surface area contributed by atoms with Gasteiger partial charge in [0, 0.05) is 19.0 Å². The molecule has 0 amide bonds. The fourth-order valence-electron chi connectivity index (χ4n) is 3.47. The molecule has 152 valence electrons. The molecule has 0 unspecified atom stereocenters. The summed E-state index contributed by atoms with van der Waals surface area (Å²) in [7, 11) is -2.04. The highest BCUT2D eigenvalue weighted by molar-refractivity contribution is 7.89. The van der Waals surface area contributed by atoms with E-state index in [1.165, 1.54) is 16.4 Å². The van der Waals surface area contributed by atoms with E-state index in [-0.39, 0.29) is 10.8 Å². The first-order valence-electron chi connectivity index (χ1n) is 9.17. The van der Waals surface area contributed by atoms with Crippen molar-refractivity contribution in [1.82, 2.24) is 24.5 Å². The van der Waals surface area contributed by atoms with Crippen LogP contribution in [-0.2, 0) is 10.0 Å². The molecule has 4 rings (SSSR count). The summed E-state index contributed by atoms with van der Waals surface area (Å²) < 4.78 is 47.0. The molecule has 8 nitrogen and oxygen atoms in total. The zero-order chi connectivity index (χ0) is 20.4. The van der Waals surface area contributed by atoms with Crippen LogP contribution in [0.3, 0.4) is 0 Å². The molecule has 0 bridgehead atoms. The molecule has 2 heterocycles. The van der Waals surface area contributed by atoms with Crippen LogP contribution in [0.1, 0.15) is 24.6 Å². The van der Waals surface area contributed by atoms with Crippen LogP contribution in [0.5, 0.6) is 5.75 Å². The number of nitrogens with zero attached hydrogens (tertiary/aromatic N) is 5. The average Bonchev–Trinajstić information content (AvgIpc) is 3.24. The monoisotopic (exact) mass is 417 g/mol. The van der Waals surface area contributed by atoms with Gasteiger partial charge in [-0.3, -0.25) is 0 Å². The Morgan fingerprint density at radius 2 is 1.69 bits per heavy atom. The second-order valence-electron chi connectivity index (χ2n) is 6.78. The summed E-state index contributed by atoms with van der Waals surface area (Å²) in [4.78, 5) is 0.0976. The first-order chi connectivity index (χ1) is 14.0. The van der Waals surface area contributed by atoms with E-state index in [9.17, 15) is 12.8 Å². The Morgan fingerprint density at radius 1 is 1.03 bits per heavy atom. The molecule has 0 atom stereocenters. The Kier molecular flexibility index (Phi) is 5.29. The molecule has 0 saturated carbocycles. The molecular formula is C19H20FN5O3S. The highest BCUT2D eigenvalue weighted by Gasteiger charge is 2.32. The Labute approximate surface area is 168 Å². The minimum atomic E-state index is -3.65. The zero-order valence-corrected chi connectivity index (χ0v) is 16.6. The van der Waals surface area contributed by atoms with Gasteiger partial charge in [-0.25, -0.2) is 12.8 Å². The third-order valence-electron chi connectivity index (χ3n) is 5.08. The minimum Gasteiger partial charge on any atom is -0.497 e. The number of halogens is 1. The number of methoxy groups -OCH3 is 1. The SMILES string of the molecule is COc1ccc(-n2nnnc2C2CCN(S(=O)(=O)c3ccc(F)cc3)CC2)cc1. The Bertz CT molecular complexity index is 1080. The molecule has 0 spiro atoms. The predicted molar refractivity (Wildman–Crippen MR) is 103 cm³/mol. The number of rotatable bonds is 5. The summed E-state index contributed by atoms with van der Waals surface area (Å²) in [5.74, 6) is 1.01. The molecule has 2 aromatic carbocycles. The van der Waals surface area contributed by atoms with Gasteiger partial charge >= 0.3 is 0 Å². The maximum atomic E-state index is 13.1. The largest absolute Gasteiger partial charge is 0.497 e. The second-order valence-corrected chi connectivity index (χ2v) is 8.72.